The molecule has 1 N–H and O–H groups in total. The summed E-state index contributed by atoms with van der Waals surface area (Å²) >= 11 is 4.83. The molecule has 1 aromatic carbocycles. The highest BCUT2D eigenvalue weighted by Gasteiger charge is 2.11. The van der Waals surface area contributed by atoms with E-state index in [0.717, 1.165) is 20.3 Å². The van der Waals surface area contributed by atoms with Crippen LogP contribution < -0.4 is 5.32 Å². The Morgan fingerprint density at radius 3 is 2.85 bits per heavy atom. The number of rotatable bonds is 2. The lowest BCUT2D eigenvalue weighted by molar-refractivity contribution is 0.103. The quantitative estimate of drug-likeness (QED) is 0.688. The van der Waals surface area contributed by atoms with E-state index in [4.69, 9.17) is 0 Å². The Labute approximate surface area is 128 Å². The van der Waals surface area contributed by atoms with Gasteiger partial charge in [-0.2, -0.15) is 0 Å². The summed E-state index contributed by atoms with van der Waals surface area (Å²) in [7, 11) is 0. The van der Waals surface area contributed by atoms with Gasteiger partial charge in [0.25, 0.3) is 5.91 Å². The molecule has 0 saturated carbocycles. The number of aromatic nitrogens is 1. The summed E-state index contributed by atoms with van der Waals surface area (Å²) in [6.45, 7) is 1.94. The molecule has 0 spiro atoms. The molecule has 1 amide bonds. The van der Waals surface area contributed by atoms with E-state index in [0.29, 0.717) is 10.6 Å². The topological polar surface area (TPSA) is 42.0 Å². The van der Waals surface area contributed by atoms with Crippen molar-refractivity contribution >= 4 is 48.9 Å². The maximum absolute atomic E-state index is 12.2. The molecule has 0 atom stereocenters. The van der Waals surface area contributed by atoms with Gasteiger partial charge >= 0.3 is 0 Å². The van der Waals surface area contributed by atoms with Crippen LogP contribution in [-0.4, -0.2) is 10.9 Å². The minimum atomic E-state index is -0.102. The third kappa shape index (κ3) is 2.59. The number of halogens is 1. The fourth-order valence-electron chi connectivity index (χ4n) is 1.91. The van der Waals surface area contributed by atoms with Crippen LogP contribution >= 0.6 is 27.3 Å². The van der Waals surface area contributed by atoms with Crippen LogP contribution in [-0.2, 0) is 0 Å². The largest absolute Gasteiger partial charge is 0.320 e. The van der Waals surface area contributed by atoms with Gasteiger partial charge in [0.2, 0.25) is 0 Å². The van der Waals surface area contributed by atoms with E-state index in [-0.39, 0.29) is 5.91 Å². The summed E-state index contributed by atoms with van der Waals surface area (Å²) in [6.07, 6.45) is 1.64. The second kappa shape index (κ2) is 5.34. The minimum Gasteiger partial charge on any atom is -0.320 e. The molecular formula is C15H11BrN2OS. The molecule has 0 aliphatic heterocycles. The molecule has 5 heteroatoms. The Morgan fingerprint density at radius 2 is 2.10 bits per heavy atom. The first-order valence-electron chi connectivity index (χ1n) is 6.05. The number of pyridine rings is 1. The molecule has 3 aromatic rings. The van der Waals surface area contributed by atoms with E-state index in [9.17, 15) is 4.79 Å². The van der Waals surface area contributed by atoms with Crippen LogP contribution in [0.4, 0.5) is 5.69 Å². The van der Waals surface area contributed by atoms with Crippen molar-refractivity contribution in [2.45, 2.75) is 6.92 Å². The zero-order chi connectivity index (χ0) is 14.1. The lowest BCUT2D eigenvalue weighted by Gasteiger charge is -2.04. The maximum Gasteiger partial charge on any atom is 0.265 e. The molecule has 0 unspecified atom stereocenters. The number of aryl methyl sites for hydroxylation is 1. The monoisotopic (exact) mass is 346 g/mol. The minimum absolute atomic E-state index is 0.102. The number of carbonyl (C=O) groups excluding carboxylic acids is 1. The van der Waals surface area contributed by atoms with Gasteiger partial charge in [0.15, 0.2) is 0 Å². The Hall–Kier alpha value is -1.72. The van der Waals surface area contributed by atoms with Gasteiger partial charge in [0, 0.05) is 4.70 Å². The highest BCUT2D eigenvalue weighted by atomic mass is 79.9. The summed E-state index contributed by atoms with van der Waals surface area (Å²) in [5, 5.41) is 3.97. The molecule has 0 aliphatic rings. The number of hydrogen-bond donors (Lipinski definition) is 1. The molecule has 3 nitrogen and oxygen atoms in total. The van der Waals surface area contributed by atoms with Crippen molar-refractivity contribution in [2.24, 2.45) is 0 Å². The predicted molar refractivity (Wildman–Crippen MR) is 86.5 cm³/mol. The van der Waals surface area contributed by atoms with Crippen molar-refractivity contribution in [3.8, 4) is 0 Å². The van der Waals surface area contributed by atoms with Crippen molar-refractivity contribution in [3.05, 3.63) is 57.6 Å². The van der Waals surface area contributed by atoms with Gasteiger partial charge in [0.1, 0.15) is 4.60 Å². The second-order valence-electron chi connectivity index (χ2n) is 4.43. The van der Waals surface area contributed by atoms with E-state index in [1.165, 1.54) is 11.3 Å². The van der Waals surface area contributed by atoms with Crippen LogP contribution in [0.2, 0.25) is 0 Å². The van der Waals surface area contributed by atoms with E-state index in [2.05, 4.69) is 26.2 Å². The molecule has 3 rings (SSSR count). The van der Waals surface area contributed by atoms with E-state index >= 15 is 0 Å². The van der Waals surface area contributed by atoms with Gasteiger partial charge < -0.3 is 5.32 Å². The van der Waals surface area contributed by atoms with Crippen LogP contribution in [0.15, 0.2) is 47.2 Å². The van der Waals surface area contributed by atoms with Crippen LogP contribution in [0.25, 0.3) is 10.1 Å². The van der Waals surface area contributed by atoms with Crippen LogP contribution in [0.3, 0.4) is 0 Å². The molecular weight excluding hydrogens is 336 g/mol. The van der Waals surface area contributed by atoms with Gasteiger partial charge in [-0.05, 0) is 52.0 Å². The number of benzene rings is 1. The van der Waals surface area contributed by atoms with Crippen molar-refractivity contribution in [1.29, 1.82) is 0 Å². The standard InChI is InChI=1S/C15H11BrN2OS/c1-9-6-11(8-17-14(9)16)18-15(19)13-7-10-4-2-3-5-12(10)20-13/h2-8H,1H3,(H,18,19). The fraction of sp³-hybridized carbons (Fsp3) is 0.0667. The number of amides is 1. The van der Waals surface area contributed by atoms with Gasteiger partial charge in [-0.3, -0.25) is 4.79 Å². The van der Waals surface area contributed by atoms with Crippen molar-refractivity contribution in [3.63, 3.8) is 0 Å². The van der Waals surface area contributed by atoms with Gasteiger partial charge in [-0.1, -0.05) is 18.2 Å². The zero-order valence-corrected chi connectivity index (χ0v) is 13.1. The third-order valence-corrected chi connectivity index (χ3v) is 4.87. The number of fused-ring (bicyclic) bond motifs is 1. The Kier molecular flexibility index (Phi) is 3.54. The third-order valence-electron chi connectivity index (χ3n) is 2.92. The fourth-order valence-corrected chi connectivity index (χ4v) is 3.09. The van der Waals surface area contributed by atoms with Gasteiger partial charge in [0.05, 0.1) is 16.8 Å². The van der Waals surface area contributed by atoms with Gasteiger partial charge in [-0.15, -0.1) is 11.3 Å². The average Bonchev–Trinajstić information content (AvgIpc) is 2.87. The molecule has 0 bridgehead atoms. The lowest BCUT2D eigenvalue weighted by atomic mass is 10.2. The molecule has 0 radical (unpaired) electrons. The van der Waals surface area contributed by atoms with Crippen molar-refractivity contribution < 1.29 is 4.79 Å². The summed E-state index contributed by atoms with van der Waals surface area (Å²) in [5.41, 5.74) is 1.69. The van der Waals surface area contributed by atoms with Crippen molar-refractivity contribution in [1.82, 2.24) is 4.98 Å². The first-order valence-corrected chi connectivity index (χ1v) is 7.66. The normalized spacial score (nSPS) is 10.7. The molecule has 2 aromatic heterocycles. The van der Waals surface area contributed by atoms with E-state index in [1.807, 2.05) is 43.3 Å². The maximum atomic E-state index is 12.2. The number of thiophene rings is 1. The predicted octanol–water partition coefficient (Wildman–Crippen LogP) is 4.62. The Morgan fingerprint density at radius 1 is 1.30 bits per heavy atom. The lowest BCUT2D eigenvalue weighted by Crippen LogP contribution is -2.10. The summed E-state index contributed by atoms with van der Waals surface area (Å²) in [4.78, 5) is 17.1. The van der Waals surface area contributed by atoms with Crippen LogP contribution in [0.5, 0.6) is 0 Å². The van der Waals surface area contributed by atoms with Crippen LogP contribution in [0, 0.1) is 6.92 Å². The Balaban J connectivity index is 1.86. The molecule has 2 heterocycles. The first-order chi connectivity index (χ1) is 9.63. The molecule has 100 valence electrons. The number of nitrogens with zero attached hydrogens (tertiary/aromatic N) is 1. The van der Waals surface area contributed by atoms with Crippen molar-refractivity contribution in [2.75, 3.05) is 5.32 Å². The average molecular weight is 347 g/mol. The smallest absolute Gasteiger partial charge is 0.265 e. The Bertz CT molecular complexity index is 764. The van der Waals surface area contributed by atoms with E-state index < -0.39 is 0 Å². The van der Waals surface area contributed by atoms with Crippen LogP contribution in [0.1, 0.15) is 15.2 Å². The molecule has 20 heavy (non-hydrogen) atoms. The van der Waals surface area contributed by atoms with E-state index in [1.54, 1.807) is 6.20 Å². The summed E-state index contributed by atoms with van der Waals surface area (Å²) < 4.78 is 1.90. The number of anilines is 1. The molecule has 0 aliphatic carbocycles. The molecule has 0 saturated heterocycles. The SMILES string of the molecule is Cc1cc(NC(=O)c2cc3ccccc3s2)cnc1Br. The summed E-state index contributed by atoms with van der Waals surface area (Å²) in [5.74, 6) is -0.102. The van der Waals surface area contributed by atoms with Gasteiger partial charge in [-0.25, -0.2) is 4.98 Å². The second-order valence-corrected chi connectivity index (χ2v) is 6.27. The first kappa shape index (κ1) is 13.3. The highest BCUT2D eigenvalue weighted by Crippen LogP contribution is 2.26. The highest BCUT2D eigenvalue weighted by molar-refractivity contribution is 9.10. The number of carbonyl (C=O) groups is 1. The molecule has 0 fully saturated rings. The summed E-state index contributed by atoms with van der Waals surface area (Å²) in [6, 6.07) is 11.8. The zero-order valence-electron chi connectivity index (χ0n) is 10.7. The number of hydrogen-bond acceptors (Lipinski definition) is 3. The number of nitrogens with one attached hydrogen (secondary N) is 1.